The van der Waals surface area contributed by atoms with Crippen LogP contribution in [0.2, 0.25) is 10.0 Å². The first-order valence-corrected chi connectivity index (χ1v) is 8.30. The van der Waals surface area contributed by atoms with Crippen LogP contribution >= 0.6 is 23.2 Å². The van der Waals surface area contributed by atoms with E-state index in [1.54, 1.807) is 19.2 Å². The molecule has 0 aliphatic heterocycles. The topological polar surface area (TPSA) is 59.2 Å². The molecule has 2 aromatic carbocycles. The smallest absolute Gasteiger partial charge is 0.254 e. The van der Waals surface area contributed by atoms with Gasteiger partial charge in [0.15, 0.2) is 0 Å². The Bertz CT molecular complexity index is 924. The maximum atomic E-state index is 12.5. The van der Waals surface area contributed by atoms with Crippen molar-refractivity contribution in [3.05, 3.63) is 69.5 Å². The lowest BCUT2D eigenvalue weighted by atomic mass is 10.1. The Balaban J connectivity index is 1.74. The number of amides is 1. The highest BCUT2D eigenvalue weighted by molar-refractivity contribution is 6.42. The van der Waals surface area contributed by atoms with Gasteiger partial charge in [-0.2, -0.15) is 4.98 Å². The number of benzene rings is 2. The summed E-state index contributed by atoms with van der Waals surface area (Å²) in [5.74, 6) is 0.635. The Morgan fingerprint density at radius 2 is 1.96 bits per heavy atom. The maximum absolute atomic E-state index is 12.5. The molecule has 128 valence electrons. The highest BCUT2D eigenvalue weighted by Gasteiger charge is 2.17. The van der Waals surface area contributed by atoms with Crippen molar-refractivity contribution in [2.45, 2.75) is 13.5 Å². The minimum absolute atomic E-state index is 0.192. The SMILES string of the molecule is Cc1cccc(-c2noc(CN(C)C(=O)c3ccc(Cl)c(Cl)c3)n2)c1. The summed E-state index contributed by atoms with van der Waals surface area (Å²) >= 11 is 11.8. The molecule has 0 N–H and O–H groups in total. The van der Waals surface area contributed by atoms with Crippen LogP contribution in [0, 0.1) is 6.92 Å². The predicted molar refractivity (Wildman–Crippen MR) is 96.7 cm³/mol. The van der Waals surface area contributed by atoms with Gasteiger partial charge in [0.2, 0.25) is 11.7 Å². The first-order valence-electron chi connectivity index (χ1n) is 7.54. The third kappa shape index (κ3) is 4.00. The summed E-state index contributed by atoms with van der Waals surface area (Å²) in [5.41, 5.74) is 2.42. The molecule has 1 aromatic heterocycles. The van der Waals surface area contributed by atoms with Gasteiger partial charge in [0.25, 0.3) is 5.91 Å². The number of nitrogens with zero attached hydrogens (tertiary/aromatic N) is 3. The van der Waals surface area contributed by atoms with Crippen LogP contribution in [0.15, 0.2) is 47.0 Å². The van der Waals surface area contributed by atoms with Crippen molar-refractivity contribution in [1.82, 2.24) is 15.0 Å². The van der Waals surface area contributed by atoms with Crippen molar-refractivity contribution in [3.8, 4) is 11.4 Å². The number of carbonyl (C=O) groups excluding carboxylic acids is 1. The monoisotopic (exact) mass is 375 g/mol. The fourth-order valence-electron chi connectivity index (χ4n) is 2.34. The second kappa shape index (κ2) is 7.25. The highest BCUT2D eigenvalue weighted by atomic mass is 35.5. The highest BCUT2D eigenvalue weighted by Crippen LogP contribution is 2.23. The lowest BCUT2D eigenvalue weighted by molar-refractivity contribution is 0.0769. The van der Waals surface area contributed by atoms with E-state index < -0.39 is 0 Å². The van der Waals surface area contributed by atoms with E-state index >= 15 is 0 Å². The summed E-state index contributed by atoms with van der Waals surface area (Å²) in [4.78, 5) is 18.3. The summed E-state index contributed by atoms with van der Waals surface area (Å²) in [7, 11) is 1.65. The second-order valence-corrected chi connectivity index (χ2v) is 6.49. The molecule has 0 aliphatic carbocycles. The van der Waals surface area contributed by atoms with Crippen LogP contribution in [0.3, 0.4) is 0 Å². The van der Waals surface area contributed by atoms with Crippen LogP contribution in [-0.4, -0.2) is 28.0 Å². The van der Waals surface area contributed by atoms with Crippen LogP contribution in [0.4, 0.5) is 0 Å². The number of aryl methyl sites for hydroxylation is 1. The molecule has 0 unspecified atom stereocenters. The minimum Gasteiger partial charge on any atom is -0.337 e. The van der Waals surface area contributed by atoms with Gasteiger partial charge in [-0.05, 0) is 31.2 Å². The molecule has 0 spiro atoms. The van der Waals surface area contributed by atoms with Gasteiger partial charge in [0, 0.05) is 18.2 Å². The van der Waals surface area contributed by atoms with Gasteiger partial charge in [0.05, 0.1) is 16.6 Å². The van der Waals surface area contributed by atoms with E-state index in [0.717, 1.165) is 11.1 Å². The summed E-state index contributed by atoms with van der Waals surface area (Å²) in [6.45, 7) is 2.19. The molecule has 3 aromatic rings. The quantitative estimate of drug-likeness (QED) is 0.667. The third-order valence-electron chi connectivity index (χ3n) is 3.63. The molecular formula is C18H15Cl2N3O2. The molecule has 0 saturated heterocycles. The van der Waals surface area contributed by atoms with Crippen molar-refractivity contribution in [3.63, 3.8) is 0 Å². The predicted octanol–water partition coefficient (Wildman–Crippen LogP) is 4.62. The normalized spacial score (nSPS) is 10.7. The first-order chi connectivity index (χ1) is 11.9. The summed E-state index contributed by atoms with van der Waals surface area (Å²) < 4.78 is 5.26. The molecule has 1 amide bonds. The summed E-state index contributed by atoms with van der Waals surface area (Å²) in [6, 6.07) is 12.6. The van der Waals surface area contributed by atoms with E-state index in [9.17, 15) is 4.79 Å². The van der Waals surface area contributed by atoms with Crippen molar-refractivity contribution in [1.29, 1.82) is 0 Å². The number of rotatable bonds is 4. The average Bonchev–Trinajstić information content (AvgIpc) is 3.05. The lowest BCUT2D eigenvalue weighted by Crippen LogP contribution is -2.26. The number of carbonyl (C=O) groups is 1. The van der Waals surface area contributed by atoms with E-state index in [1.807, 2.05) is 31.2 Å². The summed E-state index contributed by atoms with van der Waals surface area (Å²) in [6.07, 6.45) is 0. The molecule has 3 rings (SSSR count). The Morgan fingerprint density at radius 1 is 1.16 bits per heavy atom. The van der Waals surface area contributed by atoms with Crippen LogP contribution in [-0.2, 0) is 6.54 Å². The number of halogens is 2. The van der Waals surface area contributed by atoms with E-state index in [1.165, 1.54) is 11.0 Å². The van der Waals surface area contributed by atoms with Crippen LogP contribution in [0.5, 0.6) is 0 Å². The molecule has 0 bridgehead atoms. The van der Waals surface area contributed by atoms with Gasteiger partial charge in [-0.25, -0.2) is 0 Å². The van der Waals surface area contributed by atoms with Gasteiger partial charge in [-0.15, -0.1) is 0 Å². The Labute approximate surface area is 155 Å². The fourth-order valence-corrected chi connectivity index (χ4v) is 2.64. The molecular weight excluding hydrogens is 361 g/mol. The van der Waals surface area contributed by atoms with Crippen molar-refractivity contribution < 1.29 is 9.32 Å². The zero-order valence-electron chi connectivity index (χ0n) is 13.7. The van der Waals surface area contributed by atoms with Crippen molar-refractivity contribution in [2.24, 2.45) is 0 Å². The van der Waals surface area contributed by atoms with E-state index in [4.69, 9.17) is 27.7 Å². The maximum Gasteiger partial charge on any atom is 0.254 e. The standard InChI is InChI=1S/C18H15Cl2N3O2/c1-11-4-3-5-12(8-11)17-21-16(25-22-17)10-23(2)18(24)13-6-7-14(19)15(20)9-13/h3-9H,10H2,1-2H3. The fraction of sp³-hybridized carbons (Fsp3) is 0.167. The van der Waals surface area contributed by atoms with Gasteiger partial charge in [-0.1, -0.05) is 52.1 Å². The largest absolute Gasteiger partial charge is 0.337 e. The van der Waals surface area contributed by atoms with Gasteiger partial charge in [-0.3, -0.25) is 4.79 Å². The van der Waals surface area contributed by atoms with Gasteiger partial charge in [0.1, 0.15) is 0 Å². The average molecular weight is 376 g/mol. The molecule has 0 atom stereocenters. The molecule has 0 aliphatic rings. The zero-order chi connectivity index (χ0) is 18.0. The van der Waals surface area contributed by atoms with E-state index in [0.29, 0.717) is 27.3 Å². The zero-order valence-corrected chi connectivity index (χ0v) is 15.2. The molecule has 0 saturated carbocycles. The first kappa shape index (κ1) is 17.5. The van der Waals surface area contributed by atoms with E-state index in [-0.39, 0.29) is 12.5 Å². The molecule has 0 radical (unpaired) electrons. The van der Waals surface area contributed by atoms with Crippen LogP contribution in [0.1, 0.15) is 21.8 Å². The Hall–Kier alpha value is -2.37. The van der Waals surface area contributed by atoms with E-state index in [2.05, 4.69) is 10.1 Å². The van der Waals surface area contributed by atoms with Crippen LogP contribution in [0.25, 0.3) is 11.4 Å². The second-order valence-electron chi connectivity index (χ2n) is 5.67. The minimum atomic E-state index is -0.214. The molecule has 1 heterocycles. The third-order valence-corrected chi connectivity index (χ3v) is 4.37. The summed E-state index contributed by atoms with van der Waals surface area (Å²) in [5, 5.41) is 4.71. The van der Waals surface area contributed by atoms with Gasteiger partial charge < -0.3 is 9.42 Å². The Morgan fingerprint density at radius 3 is 2.68 bits per heavy atom. The molecule has 25 heavy (non-hydrogen) atoms. The molecule has 5 nitrogen and oxygen atoms in total. The lowest BCUT2D eigenvalue weighted by Gasteiger charge is -2.15. The number of hydrogen-bond donors (Lipinski definition) is 0. The van der Waals surface area contributed by atoms with Crippen LogP contribution < -0.4 is 0 Å². The Kier molecular flexibility index (Phi) is 5.06. The van der Waals surface area contributed by atoms with Gasteiger partial charge >= 0.3 is 0 Å². The number of hydrogen-bond acceptors (Lipinski definition) is 4. The molecule has 7 heteroatoms. The molecule has 0 fully saturated rings. The number of aromatic nitrogens is 2. The van der Waals surface area contributed by atoms with Crippen molar-refractivity contribution >= 4 is 29.1 Å². The van der Waals surface area contributed by atoms with Crippen molar-refractivity contribution in [2.75, 3.05) is 7.05 Å².